The summed E-state index contributed by atoms with van der Waals surface area (Å²) in [6, 6.07) is 10.4. The average Bonchev–Trinajstić information content (AvgIpc) is 2.54. The molecular formula is C16H11ClN2O4. The molecule has 0 aliphatic rings. The third kappa shape index (κ3) is 3.17. The van der Waals surface area contributed by atoms with Gasteiger partial charge in [-0.25, -0.2) is 9.78 Å². The number of pyridine rings is 2. The molecule has 0 amide bonds. The zero-order valence-corrected chi connectivity index (χ0v) is 12.5. The average molecular weight is 331 g/mol. The molecule has 0 saturated heterocycles. The van der Waals surface area contributed by atoms with Gasteiger partial charge >= 0.3 is 5.97 Å². The van der Waals surface area contributed by atoms with Crippen molar-refractivity contribution in [3.05, 3.63) is 69.0 Å². The Morgan fingerprint density at radius 1 is 1.22 bits per heavy atom. The van der Waals surface area contributed by atoms with Crippen molar-refractivity contribution >= 4 is 28.6 Å². The molecule has 23 heavy (non-hydrogen) atoms. The van der Waals surface area contributed by atoms with Crippen LogP contribution in [-0.2, 0) is 6.61 Å². The maximum absolute atomic E-state index is 12.1. The number of rotatable bonds is 4. The summed E-state index contributed by atoms with van der Waals surface area (Å²) in [5.41, 5.74) is 0.352. The largest absolute Gasteiger partial charge is 0.477 e. The summed E-state index contributed by atoms with van der Waals surface area (Å²) in [5.74, 6) is -1.07. The number of aromatic carboxylic acids is 1. The number of carboxylic acids is 1. The number of nitrogens with zero attached hydrogens (tertiary/aromatic N) is 1. The number of nitrogens with one attached hydrogen (secondary N) is 1. The molecule has 0 unspecified atom stereocenters. The van der Waals surface area contributed by atoms with E-state index in [1.807, 2.05) is 12.1 Å². The monoisotopic (exact) mass is 330 g/mol. The highest BCUT2D eigenvalue weighted by Gasteiger charge is 2.13. The first-order chi connectivity index (χ1) is 11.0. The summed E-state index contributed by atoms with van der Waals surface area (Å²) >= 11 is 5.81. The van der Waals surface area contributed by atoms with Crippen LogP contribution < -0.4 is 10.2 Å². The van der Waals surface area contributed by atoms with Crippen LogP contribution in [0.5, 0.6) is 5.88 Å². The molecule has 0 fully saturated rings. The number of halogens is 1. The second kappa shape index (κ2) is 6.10. The van der Waals surface area contributed by atoms with Crippen LogP contribution in [0.2, 0.25) is 5.02 Å². The number of aromatic amines is 1. The van der Waals surface area contributed by atoms with E-state index in [1.165, 1.54) is 0 Å². The van der Waals surface area contributed by atoms with Gasteiger partial charge in [-0.05, 0) is 23.8 Å². The summed E-state index contributed by atoms with van der Waals surface area (Å²) < 4.78 is 5.54. The van der Waals surface area contributed by atoms with Crippen LogP contribution in [-0.4, -0.2) is 21.0 Å². The van der Waals surface area contributed by atoms with E-state index in [2.05, 4.69) is 9.97 Å². The van der Waals surface area contributed by atoms with Crippen molar-refractivity contribution in [2.45, 2.75) is 6.61 Å². The number of ether oxygens (including phenoxy) is 1. The van der Waals surface area contributed by atoms with Gasteiger partial charge in [0.15, 0.2) is 0 Å². The first-order valence-corrected chi connectivity index (χ1v) is 7.05. The Bertz CT molecular complexity index is 935. The van der Waals surface area contributed by atoms with Gasteiger partial charge in [0.05, 0.1) is 5.52 Å². The molecule has 116 valence electrons. The van der Waals surface area contributed by atoms with Gasteiger partial charge in [-0.3, -0.25) is 4.79 Å². The minimum atomic E-state index is -1.30. The van der Waals surface area contributed by atoms with Crippen LogP contribution in [0, 0.1) is 0 Å². The van der Waals surface area contributed by atoms with E-state index >= 15 is 0 Å². The van der Waals surface area contributed by atoms with Gasteiger partial charge in [-0.15, -0.1) is 0 Å². The van der Waals surface area contributed by atoms with Crippen molar-refractivity contribution in [2.24, 2.45) is 0 Å². The van der Waals surface area contributed by atoms with Gasteiger partial charge in [-0.2, -0.15) is 0 Å². The predicted molar refractivity (Wildman–Crippen MR) is 85.1 cm³/mol. The molecule has 0 bridgehead atoms. The normalized spacial score (nSPS) is 10.7. The predicted octanol–water partition coefficient (Wildman–Crippen LogP) is 2.85. The molecular weight excluding hydrogens is 320 g/mol. The summed E-state index contributed by atoms with van der Waals surface area (Å²) in [5, 5.41) is 9.61. The summed E-state index contributed by atoms with van der Waals surface area (Å²) in [6.07, 6.45) is 1.16. The molecule has 2 aromatic heterocycles. The number of carbonyl (C=O) groups is 1. The Kier molecular flexibility index (Phi) is 3.99. The zero-order valence-electron chi connectivity index (χ0n) is 11.7. The lowest BCUT2D eigenvalue weighted by Crippen LogP contribution is -2.16. The molecule has 0 saturated carbocycles. The quantitative estimate of drug-likeness (QED) is 0.767. The molecule has 1 aromatic carbocycles. The van der Waals surface area contributed by atoms with E-state index in [-0.39, 0.29) is 23.6 Å². The Morgan fingerprint density at radius 2 is 1.96 bits per heavy atom. The standard InChI is InChI=1S/C16H11ClN2O4/c17-10-3-1-9(2-4-10)8-23-13-6-5-12-14(19-13)15(20)11(7-18-12)16(21)22/h1-7H,8H2,(H,18,20)(H,21,22). The number of hydrogen-bond acceptors (Lipinski definition) is 4. The number of H-pyrrole nitrogens is 1. The second-order valence-electron chi connectivity index (χ2n) is 4.80. The van der Waals surface area contributed by atoms with Crippen LogP contribution >= 0.6 is 11.6 Å². The van der Waals surface area contributed by atoms with Gasteiger partial charge in [0.25, 0.3) is 0 Å². The fourth-order valence-electron chi connectivity index (χ4n) is 2.05. The molecule has 2 heterocycles. The maximum Gasteiger partial charge on any atom is 0.341 e. The van der Waals surface area contributed by atoms with E-state index in [0.29, 0.717) is 10.5 Å². The van der Waals surface area contributed by atoms with Crippen molar-refractivity contribution < 1.29 is 14.6 Å². The molecule has 3 aromatic rings. The van der Waals surface area contributed by atoms with Gasteiger partial charge < -0.3 is 14.8 Å². The minimum Gasteiger partial charge on any atom is -0.477 e. The summed E-state index contributed by atoms with van der Waals surface area (Å²) in [6.45, 7) is 0.256. The van der Waals surface area contributed by atoms with Gasteiger partial charge in [0.2, 0.25) is 11.3 Å². The Balaban J connectivity index is 1.90. The lowest BCUT2D eigenvalue weighted by atomic mass is 10.2. The topological polar surface area (TPSA) is 92.3 Å². The number of carboxylic acid groups (broad SMARTS) is 1. The number of aromatic nitrogens is 2. The molecule has 0 aliphatic heterocycles. The van der Waals surface area contributed by atoms with E-state index < -0.39 is 11.4 Å². The van der Waals surface area contributed by atoms with Crippen LogP contribution in [0.25, 0.3) is 11.0 Å². The first kappa shape index (κ1) is 15.1. The highest BCUT2D eigenvalue weighted by molar-refractivity contribution is 6.30. The van der Waals surface area contributed by atoms with Crippen LogP contribution in [0.15, 0.2) is 47.4 Å². The maximum atomic E-state index is 12.1. The molecule has 0 aliphatic carbocycles. The smallest absolute Gasteiger partial charge is 0.341 e. The number of fused-ring (bicyclic) bond motifs is 1. The summed E-state index contributed by atoms with van der Waals surface area (Å²) in [7, 11) is 0. The Morgan fingerprint density at radius 3 is 2.65 bits per heavy atom. The number of hydrogen-bond donors (Lipinski definition) is 2. The molecule has 7 heteroatoms. The molecule has 0 spiro atoms. The fourth-order valence-corrected chi connectivity index (χ4v) is 2.18. The number of benzene rings is 1. The Labute approximate surface area is 135 Å². The minimum absolute atomic E-state index is 0.0264. The Hall–Kier alpha value is -2.86. The SMILES string of the molecule is O=C(O)c1c[nH]c2ccc(OCc3ccc(Cl)cc3)nc2c1=O. The zero-order chi connectivity index (χ0) is 16.4. The second-order valence-corrected chi connectivity index (χ2v) is 5.23. The third-order valence-corrected chi connectivity index (χ3v) is 3.48. The van der Waals surface area contributed by atoms with Gasteiger partial charge in [-0.1, -0.05) is 23.7 Å². The fraction of sp³-hybridized carbons (Fsp3) is 0.0625. The van der Waals surface area contributed by atoms with Crippen LogP contribution in [0.1, 0.15) is 15.9 Å². The lowest BCUT2D eigenvalue weighted by Gasteiger charge is -2.06. The van der Waals surface area contributed by atoms with Crippen molar-refractivity contribution in [1.29, 1.82) is 0 Å². The van der Waals surface area contributed by atoms with E-state index in [0.717, 1.165) is 11.8 Å². The summed E-state index contributed by atoms with van der Waals surface area (Å²) in [4.78, 5) is 29.9. The van der Waals surface area contributed by atoms with E-state index in [4.69, 9.17) is 21.4 Å². The van der Waals surface area contributed by atoms with Crippen molar-refractivity contribution in [3.8, 4) is 5.88 Å². The first-order valence-electron chi connectivity index (χ1n) is 6.67. The lowest BCUT2D eigenvalue weighted by molar-refractivity contribution is 0.0695. The molecule has 0 radical (unpaired) electrons. The van der Waals surface area contributed by atoms with Crippen LogP contribution in [0.3, 0.4) is 0 Å². The van der Waals surface area contributed by atoms with E-state index in [9.17, 15) is 9.59 Å². The molecule has 0 atom stereocenters. The van der Waals surface area contributed by atoms with Crippen LogP contribution in [0.4, 0.5) is 0 Å². The third-order valence-electron chi connectivity index (χ3n) is 3.23. The van der Waals surface area contributed by atoms with Gasteiger partial charge in [0, 0.05) is 17.3 Å². The van der Waals surface area contributed by atoms with Crippen molar-refractivity contribution in [3.63, 3.8) is 0 Å². The van der Waals surface area contributed by atoms with Gasteiger partial charge in [0.1, 0.15) is 17.7 Å². The molecule has 6 nitrogen and oxygen atoms in total. The van der Waals surface area contributed by atoms with Crippen molar-refractivity contribution in [2.75, 3.05) is 0 Å². The van der Waals surface area contributed by atoms with E-state index in [1.54, 1.807) is 24.3 Å². The molecule has 2 N–H and O–H groups in total. The van der Waals surface area contributed by atoms with Crippen molar-refractivity contribution in [1.82, 2.24) is 9.97 Å². The molecule has 3 rings (SSSR count). The highest BCUT2D eigenvalue weighted by atomic mass is 35.5. The highest BCUT2D eigenvalue weighted by Crippen LogP contribution is 2.15.